The highest BCUT2D eigenvalue weighted by molar-refractivity contribution is 7.89. The average Bonchev–Trinajstić information content (AvgIpc) is 3.29. The van der Waals surface area contributed by atoms with E-state index >= 15 is 0 Å². The molecule has 1 saturated carbocycles. The number of hydrogen-bond donors (Lipinski definition) is 0. The molecule has 2 fully saturated rings. The van der Waals surface area contributed by atoms with E-state index in [1.807, 2.05) is 19.1 Å². The second-order valence-corrected chi connectivity index (χ2v) is 15.1. The third kappa shape index (κ3) is 4.19. The lowest BCUT2D eigenvalue weighted by molar-refractivity contribution is 0.335. The van der Waals surface area contributed by atoms with Crippen LogP contribution in [-0.2, 0) is 10.0 Å². The average molecular weight is 376 g/mol. The van der Waals surface area contributed by atoms with Gasteiger partial charge in [0, 0.05) is 0 Å². The molecule has 1 aromatic carbocycles. The molecule has 0 radical (unpaired) electrons. The molecular weight excluding hydrogens is 346 g/mol. The summed E-state index contributed by atoms with van der Waals surface area (Å²) in [5, 5.41) is 0. The highest BCUT2D eigenvalue weighted by Gasteiger charge is 2.58. The van der Waals surface area contributed by atoms with Crippen LogP contribution in [-0.4, -0.2) is 32.9 Å². The first-order chi connectivity index (χ1) is 11.7. The second kappa shape index (κ2) is 6.90. The summed E-state index contributed by atoms with van der Waals surface area (Å²) in [6.07, 6.45) is 5.98. The summed E-state index contributed by atoms with van der Waals surface area (Å²) >= 11 is 0. The van der Waals surface area contributed by atoms with E-state index in [1.165, 1.54) is 19.3 Å². The molecule has 2 aliphatic rings. The van der Waals surface area contributed by atoms with Gasteiger partial charge in [-0.05, 0) is 37.8 Å². The summed E-state index contributed by atoms with van der Waals surface area (Å²) < 4.78 is 28.0. The molecule has 25 heavy (non-hydrogen) atoms. The first-order valence-corrected chi connectivity index (χ1v) is 14.3. The third-order valence-electron chi connectivity index (χ3n) is 5.13. The molecule has 0 N–H and O–H groups in total. The van der Waals surface area contributed by atoms with Crippen LogP contribution in [0.5, 0.6) is 0 Å². The SMILES string of the molecule is Cc1ccc(S(=O)(=O)N2C(C#C[Si](C)(C)C)C2C2CCCCC2)cc1. The maximum atomic E-state index is 13.2. The third-order valence-corrected chi connectivity index (χ3v) is 7.91. The molecule has 1 aliphatic carbocycles. The smallest absolute Gasteiger partial charge is 0.207 e. The lowest BCUT2D eigenvalue weighted by atomic mass is 9.86. The van der Waals surface area contributed by atoms with Gasteiger partial charge in [0.05, 0.1) is 10.9 Å². The molecule has 1 aliphatic heterocycles. The zero-order chi connectivity index (χ0) is 18.2. The Hall–Kier alpha value is -1.09. The molecule has 3 atom stereocenters. The first-order valence-electron chi connectivity index (χ1n) is 9.33. The minimum absolute atomic E-state index is 0.0791. The maximum absolute atomic E-state index is 13.2. The van der Waals surface area contributed by atoms with Gasteiger partial charge in [-0.1, -0.05) is 62.5 Å². The zero-order valence-electron chi connectivity index (χ0n) is 15.7. The van der Waals surface area contributed by atoms with Crippen molar-refractivity contribution in [3.8, 4) is 11.5 Å². The molecular formula is C20H29NO2SSi. The summed E-state index contributed by atoms with van der Waals surface area (Å²) in [7, 11) is -4.97. The van der Waals surface area contributed by atoms with Crippen molar-refractivity contribution in [2.24, 2.45) is 5.92 Å². The summed E-state index contributed by atoms with van der Waals surface area (Å²) in [6.45, 7) is 8.59. The van der Waals surface area contributed by atoms with Gasteiger partial charge >= 0.3 is 0 Å². The molecule has 3 rings (SSSR count). The summed E-state index contributed by atoms with van der Waals surface area (Å²) in [4.78, 5) is 0.399. The van der Waals surface area contributed by atoms with Crippen LogP contribution in [0.4, 0.5) is 0 Å². The van der Waals surface area contributed by atoms with E-state index in [4.69, 9.17) is 0 Å². The number of benzene rings is 1. The Morgan fingerprint density at radius 3 is 2.20 bits per heavy atom. The molecule has 136 valence electrons. The van der Waals surface area contributed by atoms with Crippen LogP contribution in [0.25, 0.3) is 0 Å². The second-order valence-electron chi connectivity index (χ2n) is 8.50. The summed E-state index contributed by atoms with van der Waals surface area (Å²) in [6, 6.07) is 7.15. The van der Waals surface area contributed by atoms with Gasteiger partial charge in [-0.2, -0.15) is 4.31 Å². The number of rotatable bonds is 3. The molecule has 1 saturated heterocycles. The van der Waals surface area contributed by atoms with Crippen molar-refractivity contribution in [3.05, 3.63) is 29.8 Å². The van der Waals surface area contributed by atoms with Gasteiger partial charge in [0.2, 0.25) is 10.0 Å². The summed E-state index contributed by atoms with van der Waals surface area (Å²) in [5.74, 6) is 3.81. The van der Waals surface area contributed by atoms with Crippen molar-refractivity contribution >= 4 is 18.1 Å². The Morgan fingerprint density at radius 1 is 1.04 bits per heavy atom. The van der Waals surface area contributed by atoms with Crippen LogP contribution in [0.3, 0.4) is 0 Å². The van der Waals surface area contributed by atoms with Gasteiger partial charge in [0.15, 0.2) is 0 Å². The fourth-order valence-corrected chi connectivity index (χ4v) is 6.09. The Labute approximate surface area is 153 Å². The molecule has 1 aromatic rings. The van der Waals surface area contributed by atoms with Crippen molar-refractivity contribution in [1.29, 1.82) is 0 Å². The molecule has 0 spiro atoms. The molecule has 1 heterocycles. The molecule has 0 amide bonds. The van der Waals surface area contributed by atoms with Gasteiger partial charge in [0.25, 0.3) is 0 Å². The van der Waals surface area contributed by atoms with Gasteiger partial charge in [0.1, 0.15) is 14.1 Å². The Kier molecular flexibility index (Phi) is 5.16. The highest BCUT2D eigenvalue weighted by Crippen LogP contribution is 2.45. The number of hydrogen-bond acceptors (Lipinski definition) is 2. The predicted molar refractivity (Wildman–Crippen MR) is 105 cm³/mol. The van der Waals surface area contributed by atoms with E-state index in [0.717, 1.165) is 18.4 Å². The quantitative estimate of drug-likeness (QED) is 0.451. The van der Waals surface area contributed by atoms with E-state index in [9.17, 15) is 8.42 Å². The number of nitrogens with zero attached hydrogens (tertiary/aromatic N) is 1. The summed E-state index contributed by atoms with van der Waals surface area (Å²) in [5.41, 5.74) is 4.47. The van der Waals surface area contributed by atoms with Gasteiger partial charge < -0.3 is 0 Å². The van der Waals surface area contributed by atoms with Gasteiger partial charge in [-0.3, -0.25) is 0 Å². The first kappa shape index (κ1) is 18.7. The van der Waals surface area contributed by atoms with Gasteiger partial charge in [-0.15, -0.1) is 5.54 Å². The number of sulfonamides is 1. The minimum Gasteiger partial charge on any atom is -0.207 e. The van der Waals surface area contributed by atoms with Crippen LogP contribution in [0, 0.1) is 24.3 Å². The molecule has 0 aromatic heterocycles. The van der Waals surface area contributed by atoms with E-state index in [-0.39, 0.29) is 12.1 Å². The van der Waals surface area contributed by atoms with Crippen molar-refractivity contribution < 1.29 is 8.42 Å². The predicted octanol–water partition coefficient (Wildman–Crippen LogP) is 4.20. The monoisotopic (exact) mass is 375 g/mol. The van der Waals surface area contributed by atoms with E-state index < -0.39 is 18.1 Å². The van der Waals surface area contributed by atoms with Crippen molar-refractivity contribution in [2.75, 3.05) is 0 Å². The molecule has 5 heteroatoms. The standard InChI is InChI=1S/C20H29NO2SSi/c1-16-10-12-18(13-11-16)24(22,23)21-19(14-15-25(2,3)4)20(21)17-8-6-5-7-9-17/h10-13,17,19-20H,5-9H2,1-4H3. The Bertz CT molecular complexity index is 778. The minimum atomic E-state index is -3.45. The van der Waals surface area contributed by atoms with Crippen LogP contribution in [0.2, 0.25) is 19.6 Å². The topological polar surface area (TPSA) is 37.1 Å². The van der Waals surface area contributed by atoms with Crippen LogP contribution in [0.1, 0.15) is 37.7 Å². The van der Waals surface area contributed by atoms with Gasteiger partial charge in [-0.25, -0.2) is 8.42 Å². The molecule has 0 bridgehead atoms. The Balaban J connectivity index is 1.90. The van der Waals surface area contributed by atoms with E-state index in [0.29, 0.717) is 10.8 Å². The van der Waals surface area contributed by atoms with Crippen molar-refractivity contribution in [2.45, 2.75) is 75.6 Å². The Morgan fingerprint density at radius 2 is 1.64 bits per heavy atom. The molecule has 3 unspecified atom stereocenters. The van der Waals surface area contributed by atoms with Crippen LogP contribution < -0.4 is 0 Å². The maximum Gasteiger partial charge on any atom is 0.244 e. The zero-order valence-corrected chi connectivity index (χ0v) is 17.6. The van der Waals surface area contributed by atoms with Crippen LogP contribution in [0.15, 0.2) is 29.2 Å². The lowest BCUT2D eigenvalue weighted by Crippen LogP contribution is -2.21. The van der Waals surface area contributed by atoms with E-state index in [2.05, 4.69) is 31.1 Å². The fourth-order valence-electron chi connectivity index (χ4n) is 3.75. The largest absolute Gasteiger partial charge is 0.244 e. The van der Waals surface area contributed by atoms with Crippen LogP contribution >= 0.6 is 0 Å². The lowest BCUT2D eigenvalue weighted by Gasteiger charge is -2.21. The molecule has 3 nitrogen and oxygen atoms in total. The normalized spacial score (nSPS) is 27.4. The van der Waals surface area contributed by atoms with Crippen molar-refractivity contribution in [3.63, 3.8) is 0 Å². The number of aryl methyl sites for hydroxylation is 1. The highest BCUT2D eigenvalue weighted by atomic mass is 32.2. The van der Waals surface area contributed by atoms with Crippen molar-refractivity contribution in [1.82, 2.24) is 4.31 Å². The fraction of sp³-hybridized carbons (Fsp3) is 0.600. The van der Waals surface area contributed by atoms with E-state index in [1.54, 1.807) is 16.4 Å².